The Balaban J connectivity index is 1.54. The van der Waals surface area contributed by atoms with E-state index in [4.69, 9.17) is 0 Å². The van der Waals surface area contributed by atoms with E-state index in [1.807, 2.05) is 60.0 Å². The first-order chi connectivity index (χ1) is 13.2. The molecule has 3 aromatic rings. The summed E-state index contributed by atoms with van der Waals surface area (Å²) in [6.45, 7) is 3.61. The molecule has 1 aromatic carbocycles. The molecule has 2 aromatic heterocycles. The number of amides is 1. The van der Waals surface area contributed by atoms with Crippen LogP contribution in [0.3, 0.4) is 0 Å². The number of carbonyl (C=O) groups excluding carboxylic acids is 1. The van der Waals surface area contributed by atoms with Crippen molar-refractivity contribution in [3.8, 4) is 0 Å². The van der Waals surface area contributed by atoms with Gasteiger partial charge >= 0.3 is 0 Å². The molecule has 0 fully saturated rings. The van der Waals surface area contributed by atoms with Gasteiger partial charge in [-0.25, -0.2) is 0 Å². The van der Waals surface area contributed by atoms with Gasteiger partial charge in [0.2, 0.25) is 0 Å². The maximum absolute atomic E-state index is 11.8. The Morgan fingerprint density at radius 2 is 1.81 bits per heavy atom. The molecule has 1 amide bonds. The van der Waals surface area contributed by atoms with Gasteiger partial charge in [0.25, 0.3) is 5.91 Å². The van der Waals surface area contributed by atoms with E-state index in [1.54, 1.807) is 7.05 Å². The summed E-state index contributed by atoms with van der Waals surface area (Å²) in [7, 11) is 1.72. The van der Waals surface area contributed by atoms with Crippen molar-refractivity contribution in [3.63, 3.8) is 0 Å². The number of nitrogens with one attached hydrogen (secondary N) is 3. The van der Waals surface area contributed by atoms with Crippen molar-refractivity contribution in [1.82, 2.24) is 30.5 Å². The summed E-state index contributed by atoms with van der Waals surface area (Å²) in [5.41, 5.74) is 2.52. The van der Waals surface area contributed by atoms with Crippen molar-refractivity contribution >= 4 is 17.5 Å². The number of aromatic nitrogens is 3. The molecule has 140 valence electrons. The Bertz CT molecular complexity index is 931. The number of guanidine groups is 1. The first-order valence-corrected chi connectivity index (χ1v) is 8.81. The number of pyridine rings is 1. The van der Waals surface area contributed by atoms with E-state index in [1.165, 1.54) is 0 Å². The topological polar surface area (TPSA) is 95.7 Å². The van der Waals surface area contributed by atoms with Gasteiger partial charge < -0.3 is 16.0 Å². The minimum absolute atomic E-state index is 0.0602. The second-order valence-electron chi connectivity index (χ2n) is 5.88. The molecule has 27 heavy (non-hydrogen) atoms. The number of nitrogens with zero attached hydrogens (tertiary/aromatic N) is 4. The van der Waals surface area contributed by atoms with Crippen molar-refractivity contribution in [3.05, 3.63) is 65.6 Å². The predicted octanol–water partition coefficient (Wildman–Crippen LogP) is 1.34. The lowest BCUT2D eigenvalue weighted by molar-refractivity contribution is 0.0956. The van der Waals surface area contributed by atoms with Crippen LogP contribution in [-0.4, -0.2) is 40.1 Å². The Morgan fingerprint density at radius 1 is 1.04 bits per heavy atom. The van der Waals surface area contributed by atoms with Crippen LogP contribution in [0.15, 0.2) is 53.7 Å². The third-order valence-corrected chi connectivity index (χ3v) is 4.04. The number of aliphatic imine (C=N–C) groups is 1. The Kier molecular flexibility index (Phi) is 5.98. The lowest BCUT2D eigenvalue weighted by atomic mass is 10.1. The van der Waals surface area contributed by atoms with Crippen LogP contribution in [0.25, 0.3) is 5.65 Å². The highest BCUT2D eigenvalue weighted by molar-refractivity contribution is 5.94. The standard InChI is InChI=1S/C19H23N7O/c1-3-21-18(27)15-9-7-14(8-10-15)12-22-19(20-2)23-13-17-25-24-16-6-4-5-11-26(16)17/h4-11H,3,12-13H2,1-2H3,(H,21,27)(H2,20,22,23). The zero-order valence-corrected chi connectivity index (χ0v) is 15.4. The third kappa shape index (κ3) is 4.60. The maximum atomic E-state index is 11.8. The van der Waals surface area contributed by atoms with Gasteiger partial charge in [-0.15, -0.1) is 10.2 Å². The minimum atomic E-state index is -0.0602. The van der Waals surface area contributed by atoms with E-state index >= 15 is 0 Å². The second-order valence-corrected chi connectivity index (χ2v) is 5.88. The van der Waals surface area contributed by atoms with Crippen LogP contribution in [0.2, 0.25) is 0 Å². The fourth-order valence-electron chi connectivity index (χ4n) is 2.62. The largest absolute Gasteiger partial charge is 0.352 e. The number of benzene rings is 1. The zero-order chi connectivity index (χ0) is 19.1. The minimum Gasteiger partial charge on any atom is -0.352 e. The molecule has 8 nitrogen and oxygen atoms in total. The van der Waals surface area contributed by atoms with Gasteiger partial charge in [0, 0.05) is 31.9 Å². The maximum Gasteiger partial charge on any atom is 0.251 e. The number of hydrogen-bond acceptors (Lipinski definition) is 4. The molecule has 3 N–H and O–H groups in total. The average Bonchev–Trinajstić information content (AvgIpc) is 3.12. The molecule has 0 saturated carbocycles. The van der Waals surface area contributed by atoms with Crippen molar-refractivity contribution < 1.29 is 4.79 Å². The molecule has 0 radical (unpaired) electrons. The SMILES string of the molecule is CCNC(=O)c1ccc(CNC(=NC)NCc2nnc3ccccn23)cc1. The molecular formula is C19H23N7O. The van der Waals surface area contributed by atoms with Crippen LogP contribution in [-0.2, 0) is 13.1 Å². The highest BCUT2D eigenvalue weighted by atomic mass is 16.1. The van der Waals surface area contributed by atoms with Gasteiger partial charge in [0.05, 0.1) is 6.54 Å². The molecule has 0 atom stereocenters. The van der Waals surface area contributed by atoms with Gasteiger partial charge in [-0.1, -0.05) is 18.2 Å². The van der Waals surface area contributed by atoms with Crippen LogP contribution in [0.5, 0.6) is 0 Å². The molecule has 0 bridgehead atoms. The fourth-order valence-corrected chi connectivity index (χ4v) is 2.62. The molecule has 0 aliphatic rings. The summed E-state index contributed by atoms with van der Waals surface area (Å²) < 4.78 is 1.93. The quantitative estimate of drug-likeness (QED) is 0.453. The van der Waals surface area contributed by atoms with Crippen molar-refractivity contribution in [2.45, 2.75) is 20.0 Å². The summed E-state index contributed by atoms with van der Waals surface area (Å²) in [4.78, 5) is 16.0. The van der Waals surface area contributed by atoms with E-state index in [0.29, 0.717) is 31.2 Å². The molecule has 0 unspecified atom stereocenters. The Labute approximate surface area is 157 Å². The molecule has 0 aliphatic carbocycles. The summed E-state index contributed by atoms with van der Waals surface area (Å²) in [5, 5.41) is 17.6. The second kappa shape index (κ2) is 8.79. The van der Waals surface area contributed by atoms with E-state index in [0.717, 1.165) is 17.0 Å². The summed E-state index contributed by atoms with van der Waals surface area (Å²) in [6, 6.07) is 13.3. The van der Waals surface area contributed by atoms with E-state index in [9.17, 15) is 4.79 Å². The molecule has 0 aliphatic heterocycles. The van der Waals surface area contributed by atoms with E-state index < -0.39 is 0 Å². The molecule has 0 spiro atoms. The van der Waals surface area contributed by atoms with Crippen LogP contribution >= 0.6 is 0 Å². The molecule has 2 heterocycles. The van der Waals surface area contributed by atoms with Crippen molar-refractivity contribution in [1.29, 1.82) is 0 Å². The monoisotopic (exact) mass is 365 g/mol. The summed E-state index contributed by atoms with van der Waals surface area (Å²) in [6.07, 6.45) is 1.93. The third-order valence-electron chi connectivity index (χ3n) is 4.04. The first-order valence-electron chi connectivity index (χ1n) is 8.81. The van der Waals surface area contributed by atoms with Crippen LogP contribution < -0.4 is 16.0 Å². The summed E-state index contributed by atoms with van der Waals surface area (Å²) in [5.74, 6) is 1.41. The smallest absolute Gasteiger partial charge is 0.251 e. The van der Waals surface area contributed by atoms with E-state index in [2.05, 4.69) is 31.1 Å². The van der Waals surface area contributed by atoms with Crippen molar-refractivity contribution in [2.75, 3.05) is 13.6 Å². The Morgan fingerprint density at radius 3 is 2.56 bits per heavy atom. The Hall–Kier alpha value is -3.42. The van der Waals surface area contributed by atoms with Gasteiger partial charge in [0.1, 0.15) is 0 Å². The normalized spacial score (nSPS) is 11.4. The fraction of sp³-hybridized carbons (Fsp3) is 0.263. The highest BCUT2D eigenvalue weighted by Gasteiger charge is 2.06. The van der Waals surface area contributed by atoms with Crippen molar-refractivity contribution in [2.24, 2.45) is 4.99 Å². The van der Waals surface area contributed by atoms with Crippen LogP contribution in [0, 0.1) is 0 Å². The lowest BCUT2D eigenvalue weighted by Crippen LogP contribution is -2.36. The highest BCUT2D eigenvalue weighted by Crippen LogP contribution is 2.05. The van der Waals surface area contributed by atoms with Gasteiger partial charge in [-0.2, -0.15) is 0 Å². The van der Waals surface area contributed by atoms with E-state index in [-0.39, 0.29) is 5.91 Å². The molecular weight excluding hydrogens is 342 g/mol. The molecule has 0 saturated heterocycles. The molecule has 3 rings (SSSR count). The zero-order valence-electron chi connectivity index (χ0n) is 15.4. The summed E-state index contributed by atoms with van der Waals surface area (Å²) >= 11 is 0. The van der Waals surface area contributed by atoms with Crippen LogP contribution in [0.4, 0.5) is 0 Å². The number of fused-ring (bicyclic) bond motifs is 1. The van der Waals surface area contributed by atoms with Gasteiger partial charge in [-0.05, 0) is 36.8 Å². The van der Waals surface area contributed by atoms with Gasteiger partial charge in [-0.3, -0.25) is 14.2 Å². The molecule has 8 heteroatoms. The number of rotatable bonds is 6. The number of carbonyl (C=O) groups is 1. The predicted molar refractivity (Wildman–Crippen MR) is 104 cm³/mol. The number of hydrogen-bond donors (Lipinski definition) is 3. The lowest BCUT2D eigenvalue weighted by Gasteiger charge is -2.11. The first kappa shape index (κ1) is 18.4. The van der Waals surface area contributed by atoms with Crippen LogP contribution in [0.1, 0.15) is 28.7 Å². The average molecular weight is 365 g/mol. The van der Waals surface area contributed by atoms with Gasteiger partial charge in [0.15, 0.2) is 17.4 Å².